The Morgan fingerprint density at radius 2 is 2.38 bits per heavy atom. The molecule has 5 nitrogen and oxygen atoms in total. The largest absolute Gasteiger partial charge is 0.497 e. The van der Waals surface area contributed by atoms with E-state index in [-0.39, 0.29) is 6.42 Å². The van der Waals surface area contributed by atoms with Crippen LogP contribution in [0.1, 0.15) is 12.2 Å². The van der Waals surface area contributed by atoms with Gasteiger partial charge in [-0.25, -0.2) is 0 Å². The van der Waals surface area contributed by atoms with Crippen LogP contribution in [0, 0.1) is 0 Å². The summed E-state index contributed by atoms with van der Waals surface area (Å²) in [6.45, 7) is 0. The Kier molecular flexibility index (Phi) is 2.76. The topological polar surface area (TPSA) is 72.6 Å². The third kappa shape index (κ3) is 1.98. The Morgan fingerprint density at radius 1 is 1.56 bits per heavy atom. The number of ether oxygens (including phenoxy) is 1. The Balaban J connectivity index is 2.34. The number of fused-ring (bicyclic) bond motifs is 1. The molecule has 0 saturated heterocycles. The van der Waals surface area contributed by atoms with Crippen molar-refractivity contribution in [1.29, 1.82) is 0 Å². The van der Waals surface area contributed by atoms with E-state index >= 15 is 0 Å². The van der Waals surface area contributed by atoms with Crippen LogP contribution >= 0.6 is 0 Å². The van der Waals surface area contributed by atoms with E-state index in [1.54, 1.807) is 25.3 Å². The molecule has 1 aromatic carbocycles. The normalized spacial score (nSPS) is 10.6. The van der Waals surface area contributed by atoms with E-state index in [2.05, 4.69) is 5.16 Å². The minimum Gasteiger partial charge on any atom is -0.497 e. The SMILES string of the molecule is COc1ccc2noc(CCC(=O)O)c2c1. The molecule has 84 valence electrons. The average molecular weight is 221 g/mol. The van der Waals surface area contributed by atoms with Crippen LogP contribution < -0.4 is 4.74 Å². The summed E-state index contributed by atoms with van der Waals surface area (Å²) < 4.78 is 10.2. The van der Waals surface area contributed by atoms with Crippen molar-refractivity contribution in [2.75, 3.05) is 7.11 Å². The highest BCUT2D eigenvalue weighted by atomic mass is 16.5. The quantitative estimate of drug-likeness (QED) is 0.852. The van der Waals surface area contributed by atoms with Gasteiger partial charge in [0.25, 0.3) is 0 Å². The van der Waals surface area contributed by atoms with E-state index in [0.29, 0.717) is 23.4 Å². The number of methoxy groups -OCH3 is 1. The van der Waals surface area contributed by atoms with Crippen LogP contribution in [0.2, 0.25) is 0 Å². The molecule has 1 heterocycles. The van der Waals surface area contributed by atoms with Gasteiger partial charge in [0.05, 0.1) is 13.5 Å². The molecule has 16 heavy (non-hydrogen) atoms. The second-order valence-corrected chi connectivity index (χ2v) is 3.38. The van der Waals surface area contributed by atoms with Crippen molar-refractivity contribution in [3.05, 3.63) is 24.0 Å². The third-order valence-corrected chi connectivity index (χ3v) is 2.32. The molecule has 0 aliphatic carbocycles. The first-order valence-corrected chi connectivity index (χ1v) is 4.85. The molecule has 2 rings (SSSR count). The molecular weight excluding hydrogens is 210 g/mol. The molecule has 0 aliphatic rings. The van der Waals surface area contributed by atoms with E-state index in [1.807, 2.05) is 0 Å². The molecule has 0 unspecified atom stereocenters. The number of carbonyl (C=O) groups is 1. The van der Waals surface area contributed by atoms with E-state index in [1.165, 1.54) is 0 Å². The van der Waals surface area contributed by atoms with Crippen molar-refractivity contribution in [2.45, 2.75) is 12.8 Å². The smallest absolute Gasteiger partial charge is 0.303 e. The maximum atomic E-state index is 10.5. The zero-order valence-corrected chi connectivity index (χ0v) is 8.77. The van der Waals surface area contributed by atoms with Crippen molar-refractivity contribution in [3.63, 3.8) is 0 Å². The van der Waals surface area contributed by atoms with Crippen LogP contribution in [-0.2, 0) is 11.2 Å². The number of hydrogen-bond acceptors (Lipinski definition) is 4. The molecule has 0 fully saturated rings. The minimum atomic E-state index is -0.854. The Hall–Kier alpha value is -2.04. The van der Waals surface area contributed by atoms with Gasteiger partial charge in [0.1, 0.15) is 17.0 Å². The van der Waals surface area contributed by atoms with E-state index in [0.717, 1.165) is 5.39 Å². The predicted molar refractivity (Wildman–Crippen MR) is 56.5 cm³/mol. The predicted octanol–water partition coefficient (Wildman–Crippen LogP) is 1.85. The first-order valence-electron chi connectivity index (χ1n) is 4.85. The maximum Gasteiger partial charge on any atom is 0.303 e. The Bertz CT molecular complexity index is 518. The van der Waals surface area contributed by atoms with Gasteiger partial charge < -0.3 is 14.4 Å². The zero-order valence-electron chi connectivity index (χ0n) is 8.77. The first kappa shape index (κ1) is 10.5. The van der Waals surface area contributed by atoms with Crippen LogP contribution in [0.25, 0.3) is 10.9 Å². The van der Waals surface area contributed by atoms with E-state index in [4.69, 9.17) is 14.4 Å². The summed E-state index contributed by atoms with van der Waals surface area (Å²) in [6.07, 6.45) is 0.362. The molecule has 0 atom stereocenters. The fourth-order valence-corrected chi connectivity index (χ4v) is 1.50. The highest BCUT2D eigenvalue weighted by molar-refractivity contribution is 5.82. The number of aryl methyl sites for hydroxylation is 1. The van der Waals surface area contributed by atoms with E-state index in [9.17, 15) is 4.79 Å². The summed E-state index contributed by atoms with van der Waals surface area (Å²) in [5.41, 5.74) is 0.709. The van der Waals surface area contributed by atoms with Gasteiger partial charge in [-0.2, -0.15) is 0 Å². The van der Waals surface area contributed by atoms with Crippen molar-refractivity contribution >= 4 is 16.9 Å². The lowest BCUT2D eigenvalue weighted by atomic mass is 10.1. The van der Waals surface area contributed by atoms with Gasteiger partial charge in [-0.3, -0.25) is 4.79 Å². The number of aliphatic carboxylic acids is 1. The molecule has 0 amide bonds. The third-order valence-electron chi connectivity index (χ3n) is 2.32. The summed E-state index contributed by atoms with van der Waals surface area (Å²) in [4.78, 5) is 10.5. The number of hydrogen-bond donors (Lipinski definition) is 1. The van der Waals surface area contributed by atoms with Gasteiger partial charge in [-0.05, 0) is 18.2 Å². The summed E-state index contributed by atoms with van der Waals surface area (Å²) in [6, 6.07) is 5.36. The van der Waals surface area contributed by atoms with Crippen LogP contribution in [0.3, 0.4) is 0 Å². The lowest BCUT2D eigenvalue weighted by Gasteiger charge is -1.98. The summed E-state index contributed by atoms with van der Waals surface area (Å²) >= 11 is 0. The number of rotatable bonds is 4. The van der Waals surface area contributed by atoms with Crippen molar-refractivity contribution in [1.82, 2.24) is 5.16 Å². The molecule has 0 spiro atoms. The summed E-state index contributed by atoms with van der Waals surface area (Å²) in [7, 11) is 1.58. The fraction of sp³-hybridized carbons (Fsp3) is 0.273. The highest BCUT2D eigenvalue weighted by Gasteiger charge is 2.10. The van der Waals surface area contributed by atoms with Gasteiger partial charge in [0, 0.05) is 11.8 Å². The zero-order chi connectivity index (χ0) is 11.5. The van der Waals surface area contributed by atoms with Gasteiger partial charge in [-0.1, -0.05) is 5.16 Å². The second-order valence-electron chi connectivity index (χ2n) is 3.38. The van der Waals surface area contributed by atoms with Crippen LogP contribution in [0.5, 0.6) is 5.75 Å². The van der Waals surface area contributed by atoms with Crippen molar-refractivity contribution in [3.8, 4) is 5.75 Å². The molecule has 0 aliphatic heterocycles. The molecule has 0 bridgehead atoms. The molecule has 5 heteroatoms. The average Bonchev–Trinajstić information content (AvgIpc) is 2.68. The molecule has 0 radical (unpaired) electrons. The van der Waals surface area contributed by atoms with Crippen LogP contribution in [0.4, 0.5) is 0 Å². The second kappa shape index (κ2) is 4.22. The van der Waals surface area contributed by atoms with Gasteiger partial charge >= 0.3 is 5.97 Å². The molecular formula is C11H11NO4. The molecule has 1 N–H and O–H groups in total. The molecule has 1 aromatic heterocycles. The van der Waals surface area contributed by atoms with Crippen molar-refractivity contribution < 1.29 is 19.2 Å². The van der Waals surface area contributed by atoms with Crippen molar-refractivity contribution in [2.24, 2.45) is 0 Å². The van der Waals surface area contributed by atoms with Crippen LogP contribution in [-0.4, -0.2) is 23.3 Å². The number of carboxylic acid groups (broad SMARTS) is 1. The van der Waals surface area contributed by atoms with Gasteiger partial charge in [0.2, 0.25) is 0 Å². The first-order chi connectivity index (χ1) is 7.70. The fourth-order valence-electron chi connectivity index (χ4n) is 1.50. The number of nitrogens with zero attached hydrogens (tertiary/aromatic N) is 1. The minimum absolute atomic E-state index is 0.0293. The monoisotopic (exact) mass is 221 g/mol. The maximum absolute atomic E-state index is 10.5. The number of aromatic nitrogens is 1. The van der Waals surface area contributed by atoms with Crippen LogP contribution in [0.15, 0.2) is 22.7 Å². The number of benzene rings is 1. The lowest BCUT2D eigenvalue weighted by molar-refractivity contribution is -0.137. The Labute approximate surface area is 91.6 Å². The Morgan fingerprint density at radius 3 is 3.06 bits per heavy atom. The standard InChI is InChI=1S/C11H11NO4/c1-15-7-2-3-9-8(6-7)10(16-12-9)4-5-11(13)14/h2-3,6H,4-5H2,1H3,(H,13,14). The lowest BCUT2D eigenvalue weighted by Crippen LogP contribution is -1.96. The van der Waals surface area contributed by atoms with Gasteiger partial charge in [0.15, 0.2) is 0 Å². The summed E-state index contributed by atoms with van der Waals surface area (Å²) in [5.74, 6) is 0.427. The summed E-state index contributed by atoms with van der Waals surface area (Å²) in [5, 5.41) is 13.3. The van der Waals surface area contributed by atoms with Gasteiger partial charge in [-0.15, -0.1) is 0 Å². The van der Waals surface area contributed by atoms with E-state index < -0.39 is 5.97 Å². The molecule has 0 saturated carbocycles. The molecule has 2 aromatic rings. The number of carboxylic acids is 1. The highest BCUT2D eigenvalue weighted by Crippen LogP contribution is 2.24.